The first-order valence-electron chi connectivity index (χ1n) is 9.45. The molecule has 0 bridgehead atoms. The van der Waals surface area contributed by atoms with Gasteiger partial charge in [0.25, 0.3) is 0 Å². The van der Waals surface area contributed by atoms with Gasteiger partial charge in [-0.25, -0.2) is 0 Å². The highest BCUT2D eigenvalue weighted by Crippen LogP contribution is 2.41. The number of hydrogen-bond acceptors (Lipinski definition) is 5. The van der Waals surface area contributed by atoms with Crippen molar-refractivity contribution in [3.63, 3.8) is 0 Å². The summed E-state index contributed by atoms with van der Waals surface area (Å²) in [6.45, 7) is 4.16. The summed E-state index contributed by atoms with van der Waals surface area (Å²) >= 11 is 1.87. The molecule has 4 rings (SSSR count). The second-order valence-corrected chi connectivity index (χ2v) is 7.95. The van der Waals surface area contributed by atoms with Gasteiger partial charge in [-0.3, -0.25) is 4.90 Å². The first-order chi connectivity index (χ1) is 13.3. The fourth-order valence-corrected chi connectivity index (χ4v) is 5.06. The number of ether oxygens (including phenoxy) is 2. The molecular weight excluding hydrogens is 356 g/mol. The Morgan fingerprint density at radius 1 is 1.00 bits per heavy atom. The summed E-state index contributed by atoms with van der Waals surface area (Å²) in [5.74, 6) is 1.78. The predicted molar refractivity (Wildman–Crippen MR) is 112 cm³/mol. The van der Waals surface area contributed by atoms with Crippen LogP contribution in [0.4, 0.5) is 0 Å². The van der Waals surface area contributed by atoms with Gasteiger partial charge in [-0.1, -0.05) is 18.2 Å². The van der Waals surface area contributed by atoms with E-state index in [4.69, 9.17) is 9.47 Å². The Kier molecular flexibility index (Phi) is 5.62. The fraction of sp³-hybridized carbons (Fsp3) is 0.364. The van der Waals surface area contributed by atoms with Gasteiger partial charge in [0.2, 0.25) is 0 Å². The van der Waals surface area contributed by atoms with Crippen molar-refractivity contribution in [1.29, 1.82) is 0 Å². The largest absolute Gasteiger partial charge is 0.497 e. The van der Waals surface area contributed by atoms with Crippen LogP contribution in [-0.4, -0.2) is 45.3 Å². The maximum Gasteiger partial charge on any atom is 0.124 e. The number of hydrogen-bond donors (Lipinski definition) is 1. The molecule has 0 amide bonds. The summed E-state index contributed by atoms with van der Waals surface area (Å²) in [4.78, 5) is 3.92. The summed E-state index contributed by atoms with van der Waals surface area (Å²) in [5, 5.41) is 4.82. The first-order valence-corrected chi connectivity index (χ1v) is 10.3. The van der Waals surface area contributed by atoms with E-state index in [1.54, 1.807) is 14.2 Å². The monoisotopic (exact) mass is 382 g/mol. The first kappa shape index (κ1) is 18.3. The number of nitrogens with zero attached hydrogens (tertiary/aromatic N) is 1. The van der Waals surface area contributed by atoms with Crippen molar-refractivity contribution in [2.24, 2.45) is 0 Å². The van der Waals surface area contributed by atoms with Gasteiger partial charge >= 0.3 is 0 Å². The molecule has 1 aliphatic rings. The van der Waals surface area contributed by atoms with Crippen LogP contribution in [-0.2, 0) is 0 Å². The minimum atomic E-state index is 0.160. The number of thiophene rings is 1. The van der Waals surface area contributed by atoms with Crippen LogP contribution in [0.1, 0.15) is 22.9 Å². The summed E-state index contributed by atoms with van der Waals surface area (Å²) < 4.78 is 12.6. The molecule has 4 nitrogen and oxygen atoms in total. The second-order valence-electron chi connectivity index (χ2n) is 6.84. The molecule has 1 aromatic heterocycles. The molecule has 5 heteroatoms. The van der Waals surface area contributed by atoms with Crippen molar-refractivity contribution in [3.8, 4) is 11.5 Å². The lowest BCUT2D eigenvalue weighted by atomic mass is 10.0. The molecule has 0 aliphatic carbocycles. The van der Waals surface area contributed by atoms with Crippen molar-refractivity contribution in [1.82, 2.24) is 10.2 Å². The average Bonchev–Trinajstić information content (AvgIpc) is 2.95. The van der Waals surface area contributed by atoms with Gasteiger partial charge in [0.05, 0.1) is 20.3 Å². The lowest BCUT2D eigenvalue weighted by Gasteiger charge is -2.31. The number of fused-ring (bicyclic) bond motifs is 1. The molecule has 2 heterocycles. The predicted octanol–water partition coefficient (Wildman–Crippen LogP) is 4.30. The highest BCUT2D eigenvalue weighted by atomic mass is 32.1. The Morgan fingerprint density at radius 3 is 2.70 bits per heavy atom. The molecule has 27 heavy (non-hydrogen) atoms. The molecular formula is C22H26N2O2S. The third-order valence-electron chi connectivity index (χ3n) is 5.19. The van der Waals surface area contributed by atoms with Crippen LogP contribution in [0.5, 0.6) is 11.5 Å². The van der Waals surface area contributed by atoms with Crippen molar-refractivity contribution in [2.45, 2.75) is 12.5 Å². The molecule has 1 saturated heterocycles. The van der Waals surface area contributed by atoms with E-state index in [1.165, 1.54) is 20.5 Å². The van der Waals surface area contributed by atoms with Gasteiger partial charge in [0.15, 0.2) is 0 Å². The maximum atomic E-state index is 5.75. The number of benzene rings is 2. The van der Waals surface area contributed by atoms with E-state index in [-0.39, 0.29) is 6.04 Å². The summed E-state index contributed by atoms with van der Waals surface area (Å²) in [6, 6.07) is 17.2. The van der Waals surface area contributed by atoms with Crippen LogP contribution in [0.25, 0.3) is 10.1 Å². The third kappa shape index (κ3) is 3.81. The zero-order valence-corrected chi connectivity index (χ0v) is 16.7. The second kappa shape index (κ2) is 8.30. The molecule has 1 unspecified atom stereocenters. The van der Waals surface area contributed by atoms with Gasteiger partial charge in [0.1, 0.15) is 11.5 Å². The summed E-state index contributed by atoms with van der Waals surface area (Å²) in [5.41, 5.74) is 1.17. The SMILES string of the molecule is COc1ccc(OC)c(C(c2cc3ccccc3s2)N2CCCNCC2)c1. The van der Waals surface area contributed by atoms with Gasteiger partial charge < -0.3 is 14.8 Å². The lowest BCUT2D eigenvalue weighted by molar-refractivity contribution is 0.238. The molecule has 0 spiro atoms. The number of rotatable bonds is 5. The van der Waals surface area contributed by atoms with Crippen molar-refractivity contribution in [2.75, 3.05) is 40.4 Å². The molecule has 142 valence electrons. The molecule has 0 saturated carbocycles. The fourth-order valence-electron chi connectivity index (χ4n) is 3.84. The zero-order chi connectivity index (χ0) is 18.6. The van der Waals surface area contributed by atoms with Gasteiger partial charge in [-0.2, -0.15) is 0 Å². The standard InChI is InChI=1S/C22H26N2O2S/c1-25-17-8-9-19(26-2)18(15-17)22(24-12-5-10-23-11-13-24)21-14-16-6-3-4-7-20(16)27-21/h3-4,6-9,14-15,22-23H,5,10-13H2,1-2H3. The minimum absolute atomic E-state index is 0.160. The molecule has 1 N–H and O–H groups in total. The van der Waals surface area contributed by atoms with E-state index in [9.17, 15) is 0 Å². The summed E-state index contributed by atoms with van der Waals surface area (Å²) in [6.07, 6.45) is 1.15. The Bertz CT molecular complexity index is 867. The van der Waals surface area contributed by atoms with Gasteiger partial charge in [0, 0.05) is 34.8 Å². The molecule has 1 fully saturated rings. The van der Waals surface area contributed by atoms with Crippen LogP contribution in [0.2, 0.25) is 0 Å². The van der Waals surface area contributed by atoms with Crippen LogP contribution in [0.15, 0.2) is 48.5 Å². The normalized spacial score (nSPS) is 16.8. The van der Waals surface area contributed by atoms with Crippen LogP contribution in [0, 0.1) is 0 Å². The van der Waals surface area contributed by atoms with E-state index in [1.807, 2.05) is 23.5 Å². The number of nitrogens with one attached hydrogen (secondary N) is 1. The zero-order valence-electron chi connectivity index (χ0n) is 15.9. The lowest BCUT2D eigenvalue weighted by Crippen LogP contribution is -2.32. The van der Waals surface area contributed by atoms with Crippen molar-refractivity contribution < 1.29 is 9.47 Å². The van der Waals surface area contributed by atoms with Gasteiger partial charge in [-0.15, -0.1) is 11.3 Å². The highest BCUT2D eigenvalue weighted by Gasteiger charge is 2.28. The third-order valence-corrected chi connectivity index (χ3v) is 6.35. The van der Waals surface area contributed by atoms with Gasteiger partial charge in [-0.05, 0) is 48.7 Å². The Hall–Kier alpha value is -2.08. The quantitative estimate of drug-likeness (QED) is 0.713. The molecule has 2 aromatic carbocycles. The molecule has 1 atom stereocenters. The molecule has 3 aromatic rings. The van der Waals surface area contributed by atoms with Crippen LogP contribution in [0.3, 0.4) is 0 Å². The van der Waals surface area contributed by atoms with E-state index in [0.29, 0.717) is 0 Å². The molecule has 1 aliphatic heterocycles. The summed E-state index contributed by atoms with van der Waals surface area (Å²) in [7, 11) is 3.47. The Balaban J connectivity index is 1.85. The Labute approximate surface area is 164 Å². The number of methoxy groups -OCH3 is 2. The Morgan fingerprint density at radius 2 is 1.89 bits per heavy atom. The van der Waals surface area contributed by atoms with Crippen LogP contribution >= 0.6 is 11.3 Å². The van der Waals surface area contributed by atoms with E-state index < -0.39 is 0 Å². The van der Waals surface area contributed by atoms with E-state index in [2.05, 4.69) is 46.6 Å². The average molecular weight is 383 g/mol. The van der Waals surface area contributed by atoms with Crippen molar-refractivity contribution >= 4 is 21.4 Å². The van der Waals surface area contributed by atoms with E-state index in [0.717, 1.165) is 44.1 Å². The topological polar surface area (TPSA) is 33.7 Å². The van der Waals surface area contributed by atoms with Crippen molar-refractivity contribution in [3.05, 3.63) is 59.0 Å². The minimum Gasteiger partial charge on any atom is -0.497 e. The smallest absolute Gasteiger partial charge is 0.124 e. The highest BCUT2D eigenvalue weighted by molar-refractivity contribution is 7.19. The molecule has 0 radical (unpaired) electrons. The maximum absolute atomic E-state index is 5.75. The van der Waals surface area contributed by atoms with E-state index >= 15 is 0 Å². The van der Waals surface area contributed by atoms with Crippen LogP contribution < -0.4 is 14.8 Å².